The summed E-state index contributed by atoms with van der Waals surface area (Å²) in [5.41, 5.74) is 0.508. The van der Waals surface area contributed by atoms with Crippen molar-refractivity contribution in [1.82, 2.24) is 25.5 Å². The van der Waals surface area contributed by atoms with E-state index in [1.807, 2.05) is 30.9 Å². The van der Waals surface area contributed by atoms with Crippen LogP contribution in [0.3, 0.4) is 0 Å². The van der Waals surface area contributed by atoms with E-state index in [-0.39, 0.29) is 27.6 Å². The molecule has 0 radical (unpaired) electrons. The number of aliphatic hydroxyl groups is 1. The first-order chi connectivity index (χ1) is 14.3. The first kappa shape index (κ1) is 20.2. The highest BCUT2D eigenvalue weighted by molar-refractivity contribution is 5.91. The van der Waals surface area contributed by atoms with E-state index < -0.39 is 11.4 Å². The number of pyridine rings is 2. The van der Waals surface area contributed by atoms with Crippen LogP contribution in [0.5, 0.6) is 0 Å². The third kappa shape index (κ3) is 3.38. The van der Waals surface area contributed by atoms with E-state index in [9.17, 15) is 14.8 Å². The zero-order chi connectivity index (χ0) is 21.5. The van der Waals surface area contributed by atoms with Crippen molar-refractivity contribution < 1.29 is 13.8 Å². The number of nitrogens with zero attached hydrogens (tertiary/aromatic N) is 5. The average molecular weight is 416 g/mol. The molecule has 4 rings (SSSR count). The maximum absolute atomic E-state index is 15.0. The quantitative estimate of drug-likeness (QED) is 0.600. The Kier molecular flexibility index (Phi) is 5.13. The number of aromatic amines is 1. The molecule has 162 valence electrons. The van der Waals surface area contributed by atoms with E-state index in [1.165, 1.54) is 6.07 Å². The molecule has 3 aromatic heterocycles. The third-order valence-corrected chi connectivity index (χ3v) is 5.99. The smallest absolute Gasteiger partial charge is 0.181 e. The molecule has 1 aliphatic heterocycles. The van der Waals surface area contributed by atoms with Gasteiger partial charge in [-0.1, -0.05) is 13.8 Å². The summed E-state index contributed by atoms with van der Waals surface area (Å²) in [6.07, 6.45) is 1.63. The summed E-state index contributed by atoms with van der Waals surface area (Å²) in [7, 11) is 0. The lowest BCUT2D eigenvalue weighted by molar-refractivity contribution is -0.0232. The molecule has 0 saturated carbocycles. The lowest BCUT2D eigenvalue weighted by atomic mass is 9.84. The largest absolute Gasteiger partial charge is 0.388 e. The van der Waals surface area contributed by atoms with E-state index in [2.05, 4.69) is 25.5 Å². The molecule has 0 unspecified atom stereocenters. The molecule has 4 heterocycles. The van der Waals surface area contributed by atoms with Crippen molar-refractivity contribution in [3.63, 3.8) is 0 Å². The van der Waals surface area contributed by atoms with Gasteiger partial charge in [0, 0.05) is 35.5 Å². The van der Waals surface area contributed by atoms with Crippen molar-refractivity contribution in [2.24, 2.45) is 5.92 Å². The van der Waals surface area contributed by atoms with Crippen LogP contribution >= 0.6 is 0 Å². The predicted octanol–water partition coefficient (Wildman–Crippen LogP) is 2.95. The summed E-state index contributed by atoms with van der Waals surface area (Å²) in [5.74, 6) is -0.392. The number of aromatic nitrogens is 4. The van der Waals surface area contributed by atoms with Gasteiger partial charge in [-0.2, -0.15) is 10.4 Å². The molecule has 30 heavy (non-hydrogen) atoms. The molecule has 3 aromatic rings. The summed E-state index contributed by atoms with van der Waals surface area (Å²) in [6.45, 7) is 7.21. The normalized spacial score (nSPS) is 19.1. The number of H-pyrrole nitrogens is 1. The van der Waals surface area contributed by atoms with Crippen molar-refractivity contribution in [3.8, 4) is 17.5 Å². The average Bonchev–Trinajstić information content (AvgIpc) is 3.17. The molecular formula is C21H30FN7O. The molecule has 1 fully saturated rings. The maximum atomic E-state index is 15.0. The van der Waals surface area contributed by atoms with Crippen LogP contribution in [0.2, 0.25) is 0 Å². The number of anilines is 1. The van der Waals surface area contributed by atoms with Crippen LogP contribution in [0, 0.1) is 23.1 Å². The van der Waals surface area contributed by atoms with Gasteiger partial charge in [-0.3, -0.25) is 5.10 Å². The third-order valence-electron chi connectivity index (χ3n) is 5.99. The highest BCUT2D eigenvalue weighted by Crippen LogP contribution is 2.31. The molecule has 0 aliphatic carbocycles. The Hall–Kier alpha value is -3.09. The Bertz CT molecular complexity index is 1130. The second kappa shape index (κ2) is 7.63. The van der Waals surface area contributed by atoms with Gasteiger partial charge >= 0.3 is 0 Å². The Morgan fingerprint density at radius 2 is 2.27 bits per heavy atom. The lowest BCUT2D eigenvalue weighted by Gasteiger charge is -2.43. The van der Waals surface area contributed by atoms with Gasteiger partial charge in [0.05, 0.1) is 22.9 Å². The van der Waals surface area contributed by atoms with Crippen molar-refractivity contribution >= 4 is 16.9 Å². The summed E-state index contributed by atoms with van der Waals surface area (Å²) in [5, 5.41) is 31.5. The van der Waals surface area contributed by atoms with Gasteiger partial charge in [-0.15, -0.1) is 0 Å². The highest BCUT2D eigenvalue weighted by Gasteiger charge is 2.38. The topological polar surface area (TPSA) is 114 Å². The number of nitriles is 1. The van der Waals surface area contributed by atoms with Crippen LogP contribution in [0.15, 0.2) is 24.4 Å². The molecule has 9 heteroatoms. The summed E-state index contributed by atoms with van der Waals surface area (Å²) in [4.78, 5) is 10.5. The van der Waals surface area contributed by atoms with E-state index in [0.29, 0.717) is 42.1 Å². The Labute approximate surface area is 178 Å². The second-order valence-corrected chi connectivity index (χ2v) is 8.11. The summed E-state index contributed by atoms with van der Waals surface area (Å²) >= 11 is 0. The van der Waals surface area contributed by atoms with Gasteiger partial charge in [0.25, 0.3) is 0 Å². The van der Waals surface area contributed by atoms with Gasteiger partial charge in [-0.25, -0.2) is 14.4 Å². The van der Waals surface area contributed by atoms with Crippen molar-refractivity contribution in [2.75, 3.05) is 24.5 Å². The molecule has 1 aliphatic rings. The molecule has 0 spiro atoms. The first-order valence-corrected chi connectivity index (χ1v) is 9.93. The first-order valence-electron chi connectivity index (χ1n) is 9.93. The molecule has 0 amide bonds. The second-order valence-electron chi connectivity index (χ2n) is 8.11. The van der Waals surface area contributed by atoms with E-state index in [1.54, 1.807) is 19.2 Å². The van der Waals surface area contributed by atoms with Gasteiger partial charge in [0.2, 0.25) is 0 Å². The van der Waals surface area contributed by atoms with Gasteiger partial charge < -0.3 is 15.3 Å². The van der Waals surface area contributed by atoms with Gasteiger partial charge in [0.15, 0.2) is 17.3 Å². The Morgan fingerprint density at radius 3 is 3.00 bits per heavy atom. The fraction of sp³-hybridized carbons (Fsp3) is 0.429. The fourth-order valence-electron chi connectivity index (χ4n) is 3.74. The molecule has 8 nitrogen and oxygen atoms in total. The highest BCUT2D eigenvalue weighted by atomic mass is 19.1. The number of hydrogen-bond donors (Lipinski definition) is 3. The Balaban J connectivity index is 0.00000181. The van der Waals surface area contributed by atoms with Crippen LogP contribution in [-0.4, -0.2) is 56.5 Å². The minimum Gasteiger partial charge on any atom is -0.388 e. The van der Waals surface area contributed by atoms with Gasteiger partial charge in [-0.05, 0) is 31.0 Å². The molecular weight excluding hydrogens is 385 g/mol. The number of nitrogens with one attached hydrogen (secondary N) is 2. The number of halogens is 1. The van der Waals surface area contributed by atoms with Gasteiger partial charge in [0.1, 0.15) is 11.8 Å². The lowest BCUT2D eigenvalue weighted by Crippen LogP contribution is -2.62. The number of hydrogen-bond acceptors (Lipinski definition) is 7. The maximum Gasteiger partial charge on any atom is 0.181 e. The van der Waals surface area contributed by atoms with Crippen molar-refractivity contribution in [1.29, 1.82) is 5.26 Å². The molecule has 0 aromatic carbocycles. The zero-order valence-corrected chi connectivity index (χ0v) is 17.1. The van der Waals surface area contributed by atoms with Crippen molar-refractivity contribution in [3.05, 3.63) is 35.8 Å². The standard InChI is InChI=1S/C21H24FN7O.3H2/c1-12(2)21(3,30)16-11-29(8-7-24-16)20-15(22)9-13(10-23)17(26-20)18-14-5-4-6-25-19(14)28-27-18;;;/h4-6,9,12,16,24,30H,7-8,11H2,1-3H3,(H,25,27,28);3*1H/t16-,21+;;;/m0.../s1. The van der Waals surface area contributed by atoms with Crippen molar-refractivity contribution in [2.45, 2.75) is 32.4 Å². The SMILES string of the molecule is CC(C)[C@@](C)(O)[C@@H]1CN(c2nc(-c3[nH]nc4ncccc34)c(C#N)cc2F)CCN1.[HH].[HH].[HH]. The van der Waals surface area contributed by atoms with Crippen LogP contribution in [-0.2, 0) is 0 Å². The molecule has 2 atom stereocenters. The summed E-state index contributed by atoms with van der Waals surface area (Å²) in [6, 6.07) is 6.58. The van der Waals surface area contributed by atoms with Crippen LogP contribution in [0.1, 0.15) is 30.6 Å². The number of rotatable bonds is 4. The van der Waals surface area contributed by atoms with E-state index in [0.717, 1.165) is 0 Å². The summed E-state index contributed by atoms with van der Waals surface area (Å²) < 4.78 is 15.0. The fourth-order valence-corrected chi connectivity index (χ4v) is 3.74. The molecule has 1 saturated heterocycles. The molecule has 0 bridgehead atoms. The Morgan fingerprint density at radius 1 is 1.47 bits per heavy atom. The van der Waals surface area contributed by atoms with E-state index in [4.69, 9.17) is 0 Å². The van der Waals surface area contributed by atoms with Crippen LogP contribution in [0.4, 0.5) is 10.2 Å². The minimum atomic E-state index is -0.962. The zero-order valence-electron chi connectivity index (χ0n) is 17.1. The number of piperazine rings is 1. The monoisotopic (exact) mass is 415 g/mol. The van der Waals surface area contributed by atoms with Crippen LogP contribution < -0.4 is 10.2 Å². The predicted molar refractivity (Wildman–Crippen MR) is 118 cm³/mol. The number of fused-ring (bicyclic) bond motifs is 1. The molecule has 3 N–H and O–H groups in total. The minimum absolute atomic E-state index is 0. The van der Waals surface area contributed by atoms with E-state index >= 15 is 0 Å². The van der Waals surface area contributed by atoms with Crippen LogP contribution in [0.25, 0.3) is 22.4 Å².